The Kier molecular flexibility index (Phi) is 3.99. The summed E-state index contributed by atoms with van der Waals surface area (Å²) in [6.07, 6.45) is 2.86. The van der Waals surface area contributed by atoms with E-state index in [4.69, 9.17) is 5.73 Å². The van der Waals surface area contributed by atoms with Crippen LogP contribution in [-0.2, 0) is 10.0 Å². The minimum atomic E-state index is -3.67. The van der Waals surface area contributed by atoms with Gasteiger partial charge in [0.1, 0.15) is 5.82 Å². The summed E-state index contributed by atoms with van der Waals surface area (Å²) in [4.78, 5) is 6.15. The molecule has 0 aliphatic rings. The second-order valence-electron chi connectivity index (χ2n) is 4.14. The zero-order valence-electron chi connectivity index (χ0n) is 10.8. The maximum Gasteiger partial charge on any atom is 0.276 e. The SMILES string of the molecule is Cc1ccc(S(=O)(=O)N/N=C/c2cccnc2N)cc1. The van der Waals surface area contributed by atoms with E-state index in [9.17, 15) is 8.42 Å². The lowest BCUT2D eigenvalue weighted by molar-refractivity contribution is 0.584. The number of anilines is 1. The zero-order valence-corrected chi connectivity index (χ0v) is 11.6. The van der Waals surface area contributed by atoms with Crippen LogP contribution in [0.5, 0.6) is 0 Å². The van der Waals surface area contributed by atoms with E-state index in [1.165, 1.54) is 18.3 Å². The number of aromatic nitrogens is 1. The van der Waals surface area contributed by atoms with Gasteiger partial charge in [0, 0.05) is 11.8 Å². The Balaban J connectivity index is 2.14. The summed E-state index contributed by atoms with van der Waals surface area (Å²) in [5.41, 5.74) is 7.14. The zero-order chi connectivity index (χ0) is 14.6. The molecule has 0 amide bonds. The summed E-state index contributed by atoms with van der Waals surface area (Å²) >= 11 is 0. The van der Waals surface area contributed by atoms with E-state index in [0.29, 0.717) is 5.56 Å². The number of hydrogen-bond donors (Lipinski definition) is 2. The number of hydrazone groups is 1. The molecule has 3 N–H and O–H groups in total. The minimum absolute atomic E-state index is 0.152. The van der Waals surface area contributed by atoms with Crippen LogP contribution in [0.4, 0.5) is 5.82 Å². The van der Waals surface area contributed by atoms with Gasteiger partial charge in [0.15, 0.2) is 0 Å². The summed E-state index contributed by atoms with van der Waals surface area (Å²) in [5, 5.41) is 3.69. The minimum Gasteiger partial charge on any atom is -0.383 e. The van der Waals surface area contributed by atoms with Crippen molar-refractivity contribution < 1.29 is 8.42 Å². The summed E-state index contributed by atoms with van der Waals surface area (Å²) in [6, 6.07) is 9.85. The molecule has 104 valence electrons. The lowest BCUT2D eigenvalue weighted by atomic mass is 10.2. The molecule has 2 aromatic rings. The number of nitrogen functional groups attached to an aromatic ring is 1. The van der Waals surface area contributed by atoms with Crippen LogP contribution in [-0.4, -0.2) is 19.6 Å². The molecule has 0 spiro atoms. The highest BCUT2D eigenvalue weighted by Crippen LogP contribution is 2.10. The van der Waals surface area contributed by atoms with Crippen LogP contribution in [0.1, 0.15) is 11.1 Å². The summed E-state index contributed by atoms with van der Waals surface area (Å²) in [5.74, 6) is 0.283. The Bertz CT molecular complexity index is 724. The summed E-state index contributed by atoms with van der Waals surface area (Å²) in [6.45, 7) is 1.88. The number of nitrogens with one attached hydrogen (secondary N) is 1. The van der Waals surface area contributed by atoms with Crippen molar-refractivity contribution >= 4 is 22.1 Å². The third-order valence-electron chi connectivity index (χ3n) is 2.58. The molecular weight excluding hydrogens is 276 g/mol. The number of nitrogens with two attached hydrogens (primary N) is 1. The van der Waals surface area contributed by atoms with E-state index < -0.39 is 10.0 Å². The molecule has 1 heterocycles. The van der Waals surface area contributed by atoms with Gasteiger partial charge in [-0.25, -0.2) is 9.82 Å². The van der Waals surface area contributed by atoms with Gasteiger partial charge in [0.25, 0.3) is 10.0 Å². The third-order valence-corrected chi connectivity index (χ3v) is 3.82. The standard InChI is InChI=1S/C13H14N4O2S/c1-10-4-6-12(7-5-10)20(18,19)17-16-9-11-3-2-8-15-13(11)14/h2-9,17H,1H3,(H2,14,15)/b16-9+. The molecule has 2 rings (SSSR count). The van der Waals surface area contributed by atoms with Crippen molar-refractivity contribution in [1.29, 1.82) is 0 Å². The van der Waals surface area contributed by atoms with Crippen LogP contribution >= 0.6 is 0 Å². The number of benzene rings is 1. The summed E-state index contributed by atoms with van der Waals surface area (Å²) in [7, 11) is -3.67. The van der Waals surface area contributed by atoms with E-state index in [0.717, 1.165) is 5.56 Å². The third kappa shape index (κ3) is 3.33. The fraction of sp³-hybridized carbons (Fsp3) is 0.0769. The predicted octanol–water partition coefficient (Wildman–Crippen LogP) is 1.28. The van der Waals surface area contributed by atoms with E-state index in [1.54, 1.807) is 30.5 Å². The Morgan fingerprint density at radius 2 is 1.95 bits per heavy atom. The van der Waals surface area contributed by atoms with Gasteiger partial charge in [-0.15, -0.1) is 0 Å². The molecule has 0 bridgehead atoms. The molecule has 1 aromatic heterocycles. The first-order valence-corrected chi connectivity index (χ1v) is 7.29. The molecular formula is C13H14N4O2S. The van der Waals surface area contributed by atoms with Crippen molar-refractivity contribution in [2.75, 3.05) is 5.73 Å². The molecule has 6 nitrogen and oxygen atoms in total. The van der Waals surface area contributed by atoms with Gasteiger partial charge in [0.2, 0.25) is 0 Å². The molecule has 0 atom stereocenters. The van der Waals surface area contributed by atoms with Crippen LogP contribution in [0.2, 0.25) is 0 Å². The fourth-order valence-electron chi connectivity index (χ4n) is 1.47. The molecule has 0 saturated carbocycles. The molecule has 0 unspecified atom stereocenters. The Hall–Kier alpha value is -2.41. The van der Waals surface area contributed by atoms with Crippen molar-refractivity contribution in [3.8, 4) is 0 Å². The average molecular weight is 290 g/mol. The molecule has 0 aliphatic carbocycles. The second kappa shape index (κ2) is 5.70. The first-order chi connectivity index (χ1) is 9.49. The number of rotatable bonds is 4. The first-order valence-electron chi connectivity index (χ1n) is 5.81. The Morgan fingerprint density at radius 1 is 1.25 bits per heavy atom. The Morgan fingerprint density at radius 3 is 2.60 bits per heavy atom. The van der Waals surface area contributed by atoms with Gasteiger partial charge in [-0.3, -0.25) is 0 Å². The smallest absolute Gasteiger partial charge is 0.276 e. The van der Waals surface area contributed by atoms with Crippen LogP contribution in [0, 0.1) is 6.92 Å². The monoisotopic (exact) mass is 290 g/mol. The number of nitrogens with zero attached hydrogens (tertiary/aromatic N) is 2. The van der Waals surface area contributed by atoms with Gasteiger partial charge in [-0.05, 0) is 31.2 Å². The van der Waals surface area contributed by atoms with Gasteiger partial charge in [-0.2, -0.15) is 13.5 Å². The molecule has 20 heavy (non-hydrogen) atoms. The largest absolute Gasteiger partial charge is 0.383 e. The molecule has 0 saturated heterocycles. The van der Waals surface area contributed by atoms with Crippen molar-refractivity contribution in [3.63, 3.8) is 0 Å². The molecule has 1 aromatic carbocycles. The van der Waals surface area contributed by atoms with E-state index in [1.807, 2.05) is 6.92 Å². The maximum atomic E-state index is 11.9. The molecule has 0 radical (unpaired) electrons. The van der Waals surface area contributed by atoms with Crippen molar-refractivity contribution in [1.82, 2.24) is 9.82 Å². The summed E-state index contributed by atoms with van der Waals surface area (Å²) < 4.78 is 23.9. The van der Waals surface area contributed by atoms with Crippen LogP contribution in [0.15, 0.2) is 52.6 Å². The van der Waals surface area contributed by atoms with Crippen molar-refractivity contribution in [2.45, 2.75) is 11.8 Å². The number of pyridine rings is 1. The number of sulfonamides is 1. The average Bonchev–Trinajstić information content (AvgIpc) is 2.41. The topological polar surface area (TPSA) is 97.4 Å². The highest BCUT2D eigenvalue weighted by Gasteiger charge is 2.11. The van der Waals surface area contributed by atoms with E-state index in [2.05, 4.69) is 14.9 Å². The lowest BCUT2D eigenvalue weighted by Gasteiger charge is -2.03. The van der Waals surface area contributed by atoms with E-state index in [-0.39, 0.29) is 10.7 Å². The first kappa shape index (κ1) is 14.0. The van der Waals surface area contributed by atoms with Crippen molar-refractivity contribution in [3.05, 3.63) is 53.7 Å². The maximum absolute atomic E-state index is 11.9. The van der Waals surface area contributed by atoms with E-state index >= 15 is 0 Å². The van der Waals surface area contributed by atoms with Crippen LogP contribution in [0.25, 0.3) is 0 Å². The quantitative estimate of drug-likeness (QED) is 0.654. The lowest BCUT2D eigenvalue weighted by Crippen LogP contribution is -2.18. The number of hydrogen-bond acceptors (Lipinski definition) is 5. The predicted molar refractivity (Wildman–Crippen MR) is 77.7 cm³/mol. The van der Waals surface area contributed by atoms with Crippen LogP contribution in [0.3, 0.4) is 0 Å². The molecule has 0 aliphatic heterocycles. The highest BCUT2D eigenvalue weighted by molar-refractivity contribution is 7.89. The fourth-order valence-corrected chi connectivity index (χ4v) is 2.27. The van der Waals surface area contributed by atoms with Crippen molar-refractivity contribution in [2.24, 2.45) is 5.10 Å². The molecule has 0 fully saturated rings. The van der Waals surface area contributed by atoms with Gasteiger partial charge in [0.05, 0.1) is 11.1 Å². The second-order valence-corrected chi connectivity index (χ2v) is 5.80. The molecule has 7 heteroatoms. The van der Waals surface area contributed by atoms with Gasteiger partial charge >= 0.3 is 0 Å². The normalized spacial score (nSPS) is 11.7. The van der Waals surface area contributed by atoms with Crippen LogP contribution < -0.4 is 10.6 Å². The highest BCUT2D eigenvalue weighted by atomic mass is 32.2. The van der Waals surface area contributed by atoms with Gasteiger partial charge in [-0.1, -0.05) is 17.7 Å². The Labute approximate surface area is 117 Å². The number of aryl methyl sites for hydroxylation is 1. The van der Waals surface area contributed by atoms with Gasteiger partial charge < -0.3 is 5.73 Å².